The fourth-order valence-corrected chi connectivity index (χ4v) is 8.66. The van der Waals surface area contributed by atoms with Gasteiger partial charge >= 0.3 is 12.1 Å². The second kappa shape index (κ2) is 18.0. The molecule has 302 valence electrons. The molecule has 4 amide bonds. The number of hydrogen-bond acceptors (Lipinski definition) is 11. The first-order valence-electron chi connectivity index (χ1n) is 18.4. The van der Waals surface area contributed by atoms with Crippen LogP contribution in [0.2, 0.25) is 0 Å². The molecular weight excluding hydrogens is 847 g/mol. The second-order valence-electron chi connectivity index (χ2n) is 14.7. The molecule has 4 aromatic rings. The molecule has 7 rings (SSSR count). The van der Waals surface area contributed by atoms with E-state index in [1.54, 1.807) is 42.5 Å². The van der Waals surface area contributed by atoms with E-state index in [1.165, 1.54) is 28.0 Å². The Kier molecular flexibility index (Phi) is 13.1. The minimum absolute atomic E-state index is 0. The number of carbonyl (C=O) groups excluding carboxylic acids is 5. The van der Waals surface area contributed by atoms with Crippen LogP contribution in [0.3, 0.4) is 0 Å². The van der Waals surface area contributed by atoms with Crippen LogP contribution in [0, 0.1) is 6.92 Å². The number of alkyl carbamates (subject to hydrolysis) is 1. The maximum atomic E-state index is 14.4. The largest absolute Gasteiger partial charge is 1.00 e. The molecule has 0 aliphatic carbocycles. The van der Waals surface area contributed by atoms with Crippen LogP contribution in [-0.2, 0) is 41.7 Å². The Morgan fingerprint density at radius 3 is 2.33 bits per heavy atom. The van der Waals surface area contributed by atoms with Crippen LogP contribution in [0.15, 0.2) is 108 Å². The molecule has 2 N–H and O–H groups in total. The summed E-state index contributed by atoms with van der Waals surface area (Å²) in [5.41, 5.74) is 2.55. The maximum Gasteiger partial charge on any atom is 0.408 e. The number of carbonyl (C=O) groups is 5. The van der Waals surface area contributed by atoms with E-state index in [1.807, 2.05) is 85.9 Å². The number of fused-ring (bicyclic) bond motifs is 1. The Labute approximate surface area is 354 Å². The van der Waals surface area contributed by atoms with Gasteiger partial charge in [-0.1, -0.05) is 72.0 Å². The van der Waals surface area contributed by atoms with Crippen LogP contribution in [0.5, 0.6) is 0 Å². The van der Waals surface area contributed by atoms with Gasteiger partial charge in [0.15, 0.2) is 18.5 Å². The van der Waals surface area contributed by atoms with Gasteiger partial charge in [-0.2, -0.15) is 4.57 Å². The van der Waals surface area contributed by atoms with Crippen molar-refractivity contribution in [2.24, 2.45) is 0 Å². The topological polar surface area (TPSA) is 164 Å². The lowest BCUT2D eigenvalue weighted by Crippen LogP contribution is -3.00. The SMILES string of the molecule is Cc1nnc(NC(=O)C[n+]2cccc(CN3CCC(=CC4=C(C(=O)OC(c5ccccc5)c5ccccc5)N5C(=O)[C@@H](NC(=O)OC(C)(C)C)[C@H]5SC4)C3=O)c2)s1.[Br-]. The fraction of sp³-hybridized carbons (Fsp3) is 0.317. The lowest BCUT2D eigenvalue weighted by atomic mass is 10.00. The molecule has 0 saturated carbocycles. The van der Waals surface area contributed by atoms with E-state index < -0.39 is 41.1 Å². The Balaban J connectivity index is 0.00000567. The molecule has 3 aliphatic heterocycles. The van der Waals surface area contributed by atoms with E-state index >= 15 is 0 Å². The molecule has 2 fully saturated rings. The first-order valence-corrected chi connectivity index (χ1v) is 20.3. The van der Waals surface area contributed by atoms with Gasteiger partial charge in [0.1, 0.15) is 27.7 Å². The predicted molar refractivity (Wildman–Crippen MR) is 212 cm³/mol. The summed E-state index contributed by atoms with van der Waals surface area (Å²) in [5, 5.41) is 13.9. The number of anilines is 1. The Morgan fingerprint density at radius 2 is 1.69 bits per heavy atom. The third kappa shape index (κ3) is 9.82. The highest BCUT2D eigenvalue weighted by atomic mass is 79.9. The number of likely N-dealkylation sites (tertiary alicyclic amines) is 1. The summed E-state index contributed by atoms with van der Waals surface area (Å²) < 4.78 is 13.4. The van der Waals surface area contributed by atoms with E-state index in [-0.39, 0.29) is 46.8 Å². The summed E-state index contributed by atoms with van der Waals surface area (Å²) in [7, 11) is 0. The van der Waals surface area contributed by atoms with Crippen molar-refractivity contribution in [1.82, 2.24) is 25.3 Å². The number of ether oxygens (including phenoxy) is 2. The van der Waals surface area contributed by atoms with Gasteiger partial charge in [0.05, 0.1) is 6.54 Å². The average molecular weight is 889 g/mol. The van der Waals surface area contributed by atoms with E-state index in [4.69, 9.17) is 9.47 Å². The van der Waals surface area contributed by atoms with Crippen molar-refractivity contribution < 1.29 is 55.0 Å². The van der Waals surface area contributed by atoms with Gasteiger partial charge in [0.25, 0.3) is 11.8 Å². The van der Waals surface area contributed by atoms with Crippen LogP contribution in [0.4, 0.5) is 9.93 Å². The average Bonchev–Trinajstić information content (AvgIpc) is 3.75. The van der Waals surface area contributed by atoms with Crippen molar-refractivity contribution in [2.45, 2.75) is 70.3 Å². The lowest BCUT2D eigenvalue weighted by molar-refractivity contribution is -0.684. The van der Waals surface area contributed by atoms with Crippen LogP contribution in [-0.4, -0.2) is 79.1 Å². The Hall–Kier alpha value is -5.39. The molecule has 17 heteroatoms. The molecule has 58 heavy (non-hydrogen) atoms. The summed E-state index contributed by atoms with van der Waals surface area (Å²) in [6.07, 6.45) is 4.21. The zero-order valence-corrected chi connectivity index (χ0v) is 35.4. The minimum atomic E-state index is -0.919. The van der Waals surface area contributed by atoms with Gasteiger partial charge < -0.3 is 36.7 Å². The maximum absolute atomic E-state index is 14.4. The second-order valence-corrected chi connectivity index (χ2v) is 17.0. The molecule has 5 heterocycles. The number of β-lactam (4-membered cyclic amide) rings is 1. The monoisotopic (exact) mass is 887 g/mol. The number of nitrogens with one attached hydrogen (secondary N) is 2. The summed E-state index contributed by atoms with van der Waals surface area (Å²) >= 11 is 2.67. The van der Waals surface area contributed by atoms with Crippen molar-refractivity contribution in [3.05, 3.63) is 130 Å². The van der Waals surface area contributed by atoms with Gasteiger partial charge in [0.2, 0.25) is 17.6 Å². The number of rotatable bonds is 11. The van der Waals surface area contributed by atoms with Gasteiger partial charge in [-0.05, 0) is 63.0 Å². The summed E-state index contributed by atoms with van der Waals surface area (Å²) in [6, 6.07) is 21.5. The predicted octanol–water partition coefficient (Wildman–Crippen LogP) is 1.83. The molecular formula is C41H42BrN7O7S2. The lowest BCUT2D eigenvalue weighted by Gasteiger charge is -2.49. The van der Waals surface area contributed by atoms with E-state index in [9.17, 15) is 24.0 Å². The highest BCUT2D eigenvalue weighted by Crippen LogP contribution is 2.43. The van der Waals surface area contributed by atoms with Gasteiger partial charge in [-0.25, -0.2) is 9.59 Å². The third-order valence-corrected chi connectivity index (χ3v) is 11.3. The molecule has 0 bridgehead atoms. The molecule has 0 radical (unpaired) electrons. The number of hydrogen-bond donors (Lipinski definition) is 2. The first-order chi connectivity index (χ1) is 27.3. The zero-order chi connectivity index (χ0) is 40.3. The Bertz CT molecular complexity index is 2220. The molecule has 14 nitrogen and oxygen atoms in total. The number of amides is 4. The highest BCUT2D eigenvalue weighted by molar-refractivity contribution is 8.00. The highest BCUT2D eigenvalue weighted by Gasteiger charge is 2.55. The number of aromatic nitrogens is 3. The summed E-state index contributed by atoms with van der Waals surface area (Å²) in [4.78, 5) is 70.5. The minimum Gasteiger partial charge on any atom is -1.00 e. The molecule has 2 aromatic heterocycles. The normalized spacial score (nSPS) is 18.4. The standard InChI is InChI=1S/C41H41N7O7S2.BrH/c1-25-44-45-39(57-25)42-31(49)23-46-18-11-12-26(21-46)22-47-19-17-29(35(47)50)20-30-24-56-37-32(43-40(53)55-41(2,3)4)36(51)48(37)33(30)38(52)54-34(27-13-7-5-8-14-27)28-15-9-6-10-16-28;/h5-16,18,20-21,32,34,37H,17,19,22-24H2,1-4H3,(H-,42,43,45,49,53);1H/t32-,37-;/m1./s1. The smallest absolute Gasteiger partial charge is 0.408 e. The number of benzene rings is 2. The molecule has 2 saturated heterocycles. The molecule has 0 unspecified atom stereocenters. The number of nitrogens with zero attached hydrogens (tertiary/aromatic N) is 5. The summed E-state index contributed by atoms with van der Waals surface area (Å²) in [6.45, 7) is 7.80. The molecule has 2 atom stereocenters. The van der Waals surface area contributed by atoms with Crippen LogP contribution in [0.25, 0.3) is 0 Å². The molecule has 2 aromatic carbocycles. The molecule has 0 spiro atoms. The van der Waals surface area contributed by atoms with E-state index in [0.29, 0.717) is 35.8 Å². The van der Waals surface area contributed by atoms with Gasteiger partial charge in [0, 0.05) is 29.5 Å². The Morgan fingerprint density at radius 1 is 1.00 bits per heavy atom. The van der Waals surface area contributed by atoms with Crippen molar-refractivity contribution in [1.29, 1.82) is 0 Å². The van der Waals surface area contributed by atoms with Gasteiger partial charge in [-0.3, -0.25) is 24.6 Å². The van der Waals surface area contributed by atoms with E-state index in [2.05, 4.69) is 20.8 Å². The van der Waals surface area contributed by atoms with Crippen LogP contribution in [0.1, 0.15) is 55.0 Å². The number of thioether (sulfide) groups is 1. The fourth-order valence-electron chi connectivity index (χ4n) is 6.75. The third-order valence-electron chi connectivity index (χ3n) is 9.25. The number of halogens is 1. The first kappa shape index (κ1) is 42.2. The van der Waals surface area contributed by atoms with Crippen LogP contribution >= 0.6 is 23.1 Å². The van der Waals surface area contributed by atoms with Crippen molar-refractivity contribution in [3.8, 4) is 0 Å². The number of allylic oxidation sites excluding steroid dienone is 1. The van der Waals surface area contributed by atoms with Crippen molar-refractivity contribution >= 4 is 58.0 Å². The number of pyridine rings is 1. The zero-order valence-electron chi connectivity index (χ0n) is 32.2. The quantitative estimate of drug-likeness (QED) is 0.0984. The van der Waals surface area contributed by atoms with Crippen LogP contribution < -0.4 is 32.2 Å². The molecule has 3 aliphatic rings. The van der Waals surface area contributed by atoms with E-state index in [0.717, 1.165) is 21.7 Å². The summed E-state index contributed by atoms with van der Waals surface area (Å²) in [5.74, 6) is -1.39. The number of aryl methyl sites for hydroxylation is 1. The van der Waals surface area contributed by atoms with Gasteiger partial charge in [-0.15, -0.1) is 22.0 Å². The number of esters is 1. The van der Waals surface area contributed by atoms with Crippen molar-refractivity contribution in [2.75, 3.05) is 17.6 Å². The van der Waals surface area contributed by atoms with Crippen molar-refractivity contribution in [3.63, 3.8) is 0 Å².